The standard InChI is InChI=1S/C29H25N3O6S/c1-16(2)37-28(34)25-18(4)30-29-31(26(25)19-8-6-5-7-9-19)27(33)24(39-29)15-21-12-13-23(38-21)22-14-20(32(35)36)11-10-17(22)3/h5-16,26H,1-4H3. The number of nitro groups is 1. The van der Waals surface area contributed by atoms with Crippen LogP contribution in [-0.4, -0.2) is 21.6 Å². The van der Waals surface area contributed by atoms with E-state index in [9.17, 15) is 19.7 Å². The molecule has 0 saturated heterocycles. The van der Waals surface area contributed by atoms with Crippen LogP contribution in [-0.2, 0) is 9.53 Å². The molecule has 0 fully saturated rings. The van der Waals surface area contributed by atoms with Gasteiger partial charge in [-0.25, -0.2) is 9.79 Å². The number of nitrogens with zero attached hydrogens (tertiary/aromatic N) is 3. The number of non-ortho nitro benzene ring substituents is 1. The molecule has 2 aromatic heterocycles. The summed E-state index contributed by atoms with van der Waals surface area (Å²) < 4.78 is 13.4. The zero-order valence-electron chi connectivity index (χ0n) is 21.7. The average Bonchev–Trinajstić information content (AvgIpc) is 3.47. The minimum atomic E-state index is -0.699. The zero-order valence-corrected chi connectivity index (χ0v) is 22.5. The van der Waals surface area contributed by atoms with Crippen molar-refractivity contribution in [2.45, 2.75) is 39.8 Å². The number of hydrogen-bond acceptors (Lipinski definition) is 8. The number of carbonyl (C=O) groups excluding carboxylic acids is 1. The first-order valence-corrected chi connectivity index (χ1v) is 13.1. The van der Waals surface area contributed by atoms with E-state index >= 15 is 0 Å². The molecular weight excluding hydrogens is 518 g/mol. The minimum absolute atomic E-state index is 0.0371. The van der Waals surface area contributed by atoms with Crippen molar-refractivity contribution in [1.29, 1.82) is 0 Å². The number of thiazole rings is 1. The molecule has 0 amide bonds. The van der Waals surface area contributed by atoms with Crippen LogP contribution >= 0.6 is 11.3 Å². The Balaban J connectivity index is 1.62. The van der Waals surface area contributed by atoms with E-state index in [2.05, 4.69) is 4.99 Å². The molecule has 1 aliphatic heterocycles. The van der Waals surface area contributed by atoms with Crippen molar-refractivity contribution >= 4 is 29.1 Å². The van der Waals surface area contributed by atoms with E-state index in [1.54, 1.807) is 45.0 Å². The fourth-order valence-electron chi connectivity index (χ4n) is 4.50. The third kappa shape index (κ3) is 4.98. The largest absolute Gasteiger partial charge is 0.459 e. The maximum absolute atomic E-state index is 13.7. The molecule has 0 radical (unpaired) electrons. The highest BCUT2D eigenvalue weighted by Crippen LogP contribution is 2.31. The second kappa shape index (κ2) is 10.3. The molecule has 1 unspecified atom stereocenters. The number of aromatic nitrogens is 1. The third-order valence-electron chi connectivity index (χ3n) is 6.30. The highest BCUT2D eigenvalue weighted by molar-refractivity contribution is 7.07. The lowest BCUT2D eigenvalue weighted by Gasteiger charge is -2.25. The Morgan fingerprint density at radius 1 is 1.15 bits per heavy atom. The van der Waals surface area contributed by atoms with Crippen molar-refractivity contribution in [3.05, 3.63) is 119 Å². The van der Waals surface area contributed by atoms with E-state index in [0.717, 1.165) is 11.1 Å². The molecular formula is C29H25N3O6S. The van der Waals surface area contributed by atoms with Gasteiger partial charge in [-0.2, -0.15) is 0 Å². The van der Waals surface area contributed by atoms with Crippen molar-refractivity contribution in [2.24, 2.45) is 4.99 Å². The van der Waals surface area contributed by atoms with Gasteiger partial charge in [-0.3, -0.25) is 19.5 Å². The van der Waals surface area contributed by atoms with Gasteiger partial charge in [0, 0.05) is 23.8 Å². The lowest BCUT2D eigenvalue weighted by Crippen LogP contribution is -2.40. The van der Waals surface area contributed by atoms with Gasteiger partial charge in [0.25, 0.3) is 11.2 Å². The van der Waals surface area contributed by atoms with E-state index in [1.807, 2.05) is 37.3 Å². The fourth-order valence-corrected chi connectivity index (χ4v) is 5.53. The molecule has 0 saturated carbocycles. The number of ether oxygens (including phenoxy) is 1. The first-order chi connectivity index (χ1) is 18.6. The predicted molar refractivity (Wildman–Crippen MR) is 147 cm³/mol. The van der Waals surface area contributed by atoms with Crippen LogP contribution in [0.3, 0.4) is 0 Å². The molecule has 198 valence electrons. The van der Waals surface area contributed by atoms with E-state index in [1.165, 1.54) is 28.0 Å². The summed E-state index contributed by atoms with van der Waals surface area (Å²) in [5, 5.41) is 11.2. The lowest BCUT2D eigenvalue weighted by molar-refractivity contribution is -0.384. The maximum atomic E-state index is 13.7. The number of rotatable bonds is 6. The first-order valence-electron chi connectivity index (χ1n) is 12.3. The third-order valence-corrected chi connectivity index (χ3v) is 7.28. The van der Waals surface area contributed by atoms with Crippen molar-refractivity contribution in [3.8, 4) is 11.3 Å². The number of benzene rings is 2. The summed E-state index contributed by atoms with van der Waals surface area (Å²) in [6.45, 7) is 7.12. The quantitative estimate of drug-likeness (QED) is 0.198. The molecule has 3 heterocycles. The van der Waals surface area contributed by atoms with Gasteiger partial charge < -0.3 is 9.15 Å². The van der Waals surface area contributed by atoms with Crippen molar-refractivity contribution in [2.75, 3.05) is 0 Å². The van der Waals surface area contributed by atoms with Crippen molar-refractivity contribution in [3.63, 3.8) is 0 Å². The predicted octanol–water partition coefficient (Wildman–Crippen LogP) is 4.66. The van der Waals surface area contributed by atoms with Crippen LogP contribution in [0.25, 0.3) is 17.4 Å². The second-order valence-corrected chi connectivity index (χ2v) is 10.4. The van der Waals surface area contributed by atoms with Crippen LogP contribution in [0.2, 0.25) is 0 Å². The van der Waals surface area contributed by atoms with Crippen molar-refractivity contribution in [1.82, 2.24) is 4.57 Å². The van der Waals surface area contributed by atoms with Gasteiger partial charge in [0.15, 0.2) is 4.80 Å². The zero-order chi connectivity index (χ0) is 27.8. The number of furan rings is 1. The molecule has 5 rings (SSSR count). The summed E-state index contributed by atoms with van der Waals surface area (Å²) in [4.78, 5) is 42.7. The molecule has 10 heteroatoms. The number of carbonyl (C=O) groups is 1. The van der Waals surface area contributed by atoms with E-state index in [-0.39, 0.29) is 17.4 Å². The van der Waals surface area contributed by atoms with Gasteiger partial charge in [-0.1, -0.05) is 47.7 Å². The van der Waals surface area contributed by atoms with Gasteiger partial charge in [-0.15, -0.1) is 0 Å². The Morgan fingerprint density at radius 2 is 1.90 bits per heavy atom. The fraction of sp³-hybridized carbons (Fsp3) is 0.207. The van der Waals surface area contributed by atoms with E-state index in [4.69, 9.17) is 9.15 Å². The second-order valence-electron chi connectivity index (χ2n) is 9.40. The van der Waals surface area contributed by atoms with Crippen LogP contribution in [0.1, 0.15) is 43.7 Å². The molecule has 2 aromatic carbocycles. The maximum Gasteiger partial charge on any atom is 0.338 e. The van der Waals surface area contributed by atoms with Gasteiger partial charge in [0.1, 0.15) is 11.5 Å². The van der Waals surface area contributed by atoms with Crippen LogP contribution in [0, 0.1) is 17.0 Å². The summed E-state index contributed by atoms with van der Waals surface area (Å²) >= 11 is 1.19. The molecule has 0 spiro atoms. The van der Waals surface area contributed by atoms with E-state index in [0.29, 0.717) is 37.7 Å². The minimum Gasteiger partial charge on any atom is -0.459 e. The monoisotopic (exact) mass is 543 g/mol. The highest BCUT2D eigenvalue weighted by Gasteiger charge is 2.33. The van der Waals surface area contributed by atoms with E-state index < -0.39 is 16.9 Å². The smallest absolute Gasteiger partial charge is 0.338 e. The molecule has 0 bridgehead atoms. The molecule has 4 aromatic rings. The molecule has 39 heavy (non-hydrogen) atoms. The Kier molecular flexibility index (Phi) is 6.88. The number of nitro benzene ring substituents is 1. The van der Waals surface area contributed by atoms with Crippen LogP contribution in [0.5, 0.6) is 0 Å². The Labute approximate surface area is 227 Å². The number of fused-ring (bicyclic) bond motifs is 1. The number of esters is 1. The summed E-state index contributed by atoms with van der Waals surface area (Å²) in [5.74, 6) is 0.344. The Morgan fingerprint density at radius 3 is 2.59 bits per heavy atom. The molecule has 0 N–H and O–H groups in total. The van der Waals surface area contributed by atoms with Gasteiger partial charge in [-0.05, 0) is 51.0 Å². The number of hydrogen-bond donors (Lipinski definition) is 0. The van der Waals surface area contributed by atoms with Crippen LogP contribution in [0.15, 0.2) is 86.1 Å². The summed E-state index contributed by atoms with van der Waals surface area (Å²) in [7, 11) is 0. The SMILES string of the molecule is CC1=C(C(=O)OC(C)C)C(c2ccccc2)n2c(sc(=Cc3ccc(-c4cc([N+](=O)[O-])ccc4C)o3)c2=O)=N1. The van der Waals surface area contributed by atoms with Crippen molar-refractivity contribution < 1.29 is 18.9 Å². The normalized spacial score (nSPS) is 15.3. The number of allylic oxidation sites excluding steroid dienone is 1. The number of aryl methyl sites for hydroxylation is 1. The average molecular weight is 544 g/mol. The topological polar surface area (TPSA) is 117 Å². The van der Waals surface area contributed by atoms with Gasteiger partial charge >= 0.3 is 5.97 Å². The Bertz CT molecular complexity index is 1810. The Hall–Kier alpha value is -4.57. The van der Waals surface area contributed by atoms with Crippen LogP contribution in [0.4, 0.5) is 5.69 Å². The molecule has 1 aliphatic rings. The first kappa shape index (κ1) is 26.1. The molecule has 0 aliphatic carbocycles. The molecule has 9 nitrogen and oxygen atoms in total. The lowest BCUT2D eigenvalue weighted by atomic mass is 9.96. The van der Waals surface area contributed by atoms with Crippen LogP contribution < -0.4 is 14.9 Å². The molecule has 1 atom stereocenters. The summed E-state index contributed by atoms with van der Waals surface area (Å²) in [6.07, 6.45) is 1.29. The highest BCUT2D eigenvalue weighted by atomic mass is 32.1. The summed E-state index contributed by atoms with van der Waals surface area (Å²) in [5.41, 5.74) is 2.62. The summed E-state index contributed by atoms with van der Waals surface area (Å²) in [6, 6.07) is 16.6. The van der Waals surface area contributed by atoms with Gasteiger partial charge in [0.2, 0.25) is 0 Å². The van der Waals surface area contributed by atoms with Gasteiger partial charge in [0.05, 0.1) is 32.9 Å².